The van der Waals surface area contributed by atoms with E-state index in [0.717, 1.165) is 40.6 Å². The van der Waals surface area contributed by atoms with Crippen molar-refractivity contribution in [1.82, 2.24) is 4.98 Å². The van der Waals surface area contributed by atoms with Gasteiger partial charge in [-0.3, -0.25) is 4.79 Å². The maximum absolute atomic E-state index is 12.7. The molecule has 0 spiro atoms. The van der Waals surface area contributed by atoms with Gasteiger partial charge in [-0.15, -0.1) is 22.7 Å². The Hall–Kier alpha value is -1.76. The van der Waals surface area contributed by atoms with E-state index in [4.69, 9.17) is 4.98 Å². The second-order valence-corrected chi connectivity index (χ2v) is 11.0. The Bertz CT molecular complexity index is 993. The molecule has 3 heterocycles. The highest BCUT2D eigenvalue weighted by Gasteiger charge is 2.32. The van der Waals surface area contributed by atoms with Gasteiger partial charge in [0, 0.05) is 17.4 Å². The molecule has 0 aliphatic carbocycles. The van der Waals surface area contributed by atoms with E-state index in [1.54, 1.807) is 27.6 Å². The van der Waals surface area contributed by atoms with Crippen molar-refractivity contribution in [2.75, 3.05) is 11.9 Å². The molecule has 1 atom stereocenters. The molecule has 0 saturated carbocycles. The van der Waals surface area contributed by atoms with Crippen LogP contribution in [0.15, 0.2) is 24.3 Å². The molecule has 3 aromatic rings. The Balaban J connectivity index is 1.82. The first-order chi connectivity index (χ1) is 13.2. The summed E-state index contributed by atoms with van der Waals surface area (Å²) in [7, 11) is 0. The smallest absolute Gasteiger partial charge is 0.230 e. The molecule has 1 aliphatic rings. The number of nitrogens with zero attached hydrogens (tertiary/aromatic N) is 1. The normalized spacial score (nSPS) is 17.1. The molecule has 148 valence electrons. The first-order valence-electron chi connectivity index (χ1n) is 9.90. The summed E-state index contributed by atoms with van der Waals surface area (Å²) in [6, 6.07) is 8.87. The van der Waals surface area contributed by atoms with Crippen molar-refractivity contribution in [2.45, 2.75) is 53.6 Å². The van der Waals surface area contributed by atoms with Gasteiger partial charge in [0.1, 0.15) is 16.6 Å². The van der Waals surface area contributed by atoms with Crippen LogP contribution in [-0.2, 0) is 17.8 Å². The average molecular weight is 415 g/mol. The van der Waals surface area contributed by atoms with Gasteiger partial charge in [-0.25, -0.2) is 4.98 Å². The Kier molecular flexibility index (Phi) is 5.06. The molecule has 1 unspecified atom stereocenters. The van der Waals surface area contributed by atoms with Gasteiger partial charge in [0.25, 0.3) is 0 Å². The van der Waals surface area contributed by atoms with Crippen LogP contribution in [0.5, 0.6) is 0 Å². The van der Waals surface area contributed by atoms with E-state index in [0.29, 0.717) is 6.04 Å². The maximum atomic E-state index is 12.7. The molecule has 6 heteroatoms. The zero-order valence-electron chi connectivity index (χ0n) is 17.2. The highest BCUT2D eigenvalue weighted by Crippen LogP contribution is 2.44. The largest absolute Gasteiger partial charge is 0.328 e. The zero-order chi connectivity index (χ0) is 20.1. The van der Waals surface area contributed by atoms with Crippen molar-refractivity contribution in [3.05, 3.63) is 34.7 Å². The number of nitrogens with one attached hydrogen (secondary N) is 2. The van der Waals surface area contributed by atoms with E-state index in [2.05, 4.69) is 37.4 Å². The molecule has 1 amide bonds. The summed E-state index contributed by atoms with van der Waals surface area (Å²) >= 11 is 3.47. The van der Waals surface area contributed by atoms with Crippen molar-refractivity contribution in [3.8, 4) is 10.6 Å². The third-order valence-electron chi connectivity index (χ3n) is 5.41. The minimum atomic E-state index is -0.426. The molecule has 0 saturated heterocycles. The van der Waals surface area contributed by atoms with Crippen LogP contribution in [0.4, 0.5) is 5.00 Å². The minimum absolute atomic E-state index is 0.0570. The number of rotatable bonds is 3. The van der Waals surface area contributed by atoms with Gasteiger partial charge in [0.05, 0.1) is 27.7 Å². The van der Waals surface area contributed by atoms with Gasteiger partial charge in [-0.2, -0.15) is 0 Å². The Morgan fingerprint density at radius 3 is 2.64 bits per heavy atom. The fourth-order valence-electron chi connectivity index (χ4n) is 3.58. The molecule has 2 N–H and O–H groups in total. The van der Waals surface area contributed by atoms with E-state index in [1.165, 1.54) is 15.1 Å². The van der Waals surface area contributed by atoms with Gasteiger partial charge < -0.3 is 10.2 Å². The highest BCUT2D eigenvalue weighted by atomic mass is 32.1. The van der Waals surface area contributed by atoms with Crippen LogP contribution in [0.3, 0.4) is 0 Å². The number of anilines is 1. The highest BCUT2D eigenvalue weighted by molar-refractivity contribution is 7.22. The SMILES string of the molecule is CC(C)[NH+]1CCc2c(sc(NC(=O)C(C)(C)C)c2-c2nc3ccccc3s2)C1. The molecule has 2 aromatic heterocycles. The number of benzene rings is 1. The van der Waals surface area contributed by atoms with Gasteiger partial charge in [-0.05, 0) is 31.5 Å². The second-order valence-electron chi connectivity index (χ2n) is 8.89. The van der Waals surface area contributed by atoms with Crippen LogP contribution < -0.4 is 10.2 Å². The second kappa shape index (κ2) is 7.25. The van der Waals surface area contributed by atoms with Crippen molar-refractivity contribution in [2.24, 2.45) is 5.41 Å². The number of fused-ring (bicyclic) bond motifs is 2. The quantitative estimate of drug-likeness (QED) is 0.669. The lowest BCUT2D eigenvalue weighted by atomic mass is 9.95. The Morgan fingerprint density at radius 2 is 1.96 bits per heavy atom. The topological polar surface area (TPSA) is 46.4 Å². The first-order valence-corrected chi connectivity index (χ1v) is 11.5. The molecular formula is C22H28N3OS2+. The molecule has 0 fully saturated rings. The predicted molar refractivity (Wildman–Crippen MR) is 119 cm³/mol. The molecule has 28 heavy (non-hydrogen) atoms. The molecule has 1 aromatic carbocycles. The van der Waals surface area contributed by atoms with E-state index in [-0.39, 0.29) is 5.91 Å². The Labute approximate surface area is 174 Å². The molecule has 0 radical (unpaired) electrons. The standard InChI is InChI=1S/C22H27N3OS2/c1-13(2)25-11-10-14-17(12-25)28-20(24-21(26)22(3,4)5)18(14)19-23-15-8-6-7-9-16(15)27-19/h6-9,13H,10-12H2,1-5H3,(H,24,26)/p+1. The van der Waals surface area contributed by atoms with E-state index < -0.39 is 5.41 Å². The monoisotopic (exact) mass is 414 g/mol. The van der Waals surface area contributed by atoms with Crippen LogP contribution in [0, 0.1) is 5.41 Å². The number of hydrogen-bond donors (Lipinski definition) is 2. The average Bonchev–Trinajstić information content (AvgIpc) is 3.20. The van der Waals surface area contributed by atoms with Crippen molar-refractivity contribution < 1.29 is 9.69 Å². The number of thiophene rings is 1. The van der Waals surface area contributed by atoms with Crippen molar-refractivity contribution in [1.29, 1.82) is 0 Å². The first kappa shape index (κ1) is 19.6. The van der Waals surface area contributed by atoms with Gasteiger partial charge >= 0.3 is 0 Å². The van der Waals surface area contributed by atoms with Gasteiger partial charge in [0.15, 0.2) is 0 Å². The summed E-state index contributed by atoms with van der Waals surface area (Å²) in [6.07, 6.45) is 1.04. The van der Waals surface area contributed by atoms with E-state index in [1.807, 2.05) is 26.8 Å². The number of carbonyl (C=O) groups excluding carboxylic acids is 1. The molecule has 4 nitrogen and oxygen atoms in total. The van der Waals surface area contributed by atoms with E-state index >= 15 is 0 Å². The van der Waals surface area contributed by atoms with Crippen LogP contribution in [0.1, 0.15) is 45.1 Å². The lowest BCUT2D eigenvalue weighted by Crippen LogP contribution is -3.14. The zero-order valence-corrected chi connectivity index (χ0v) is 18.8. The van der Waals surface area contributed by atoms with Crippen LogP contribution in [0.25, 0.3) is 20.8 Å². The number of quaternary nitrogens is 1. The molecule has 4 rings (SSSR count). The summed E-state index contributed by atoms with van der Waals surface area (Å²) in [6.45, 7) is 12.6. The lowest BCUT2D eigenvalue weighted by molar-refractivity contribution is -0.936. The van der Waals surface area contributed by atoms with E-state index in [9.17, 15) is 4.79 Å². The van der Waals surface area contributed by atoms with Crippen LogP contribution in [-0.4, -0.2) is 23.5 Å². The van der Waals surface area contributed by atoms with Gasteiger partial charge in [-0.1, -0.05) is 32.9 Å². The number of hydrogen-bond acceptors (Lipinski definition) is 4. The fourth-order valence-corrected chi connectivity index (χ4v) is 5.98. The molecule has 1 aliphatic heterocycles. The number of para-hydroxylation sites is 1. The lowest BCUT2D eigenvalue weighted by Gasteiger charge is -2.27. The number of carbonyl (C=O) groups is 1. The Morgan fingerprint density at radius 1 is 1.21 bits per heavy atom. The molecule has 0 bridgehead atoms. The fraction of sp³-hybridized carbons (Fsp3) is 0.455. The third kappa shape index (κ3) is 3.61. The predicted octanol–water partition coefficient (Wildman–Crippen LogP) is 4.36. The van der Waals surface area contributed by atoms with Gasteiger partial charge in [0.2, 0.25) is 5.91 Å². The maximum Gasteiger partial charge on any atom is 0.230 e. The number of thiazole rings is 1. The summed E-state index contributed by atoms with van der Waals surface area (Å²) in [5, 5.41) is 5.22. The summed E-state index contributed by atoms with van der Waals surface area (Å²) < 4.78 is 1.19. The van der Waals surface area contributed by atoms with Crippen LogP contribution in [0.2, 0.25) is 0 Å². The summed E-state index contributed by atoms with van der Waals surface area (Å²) in [5.74, 6) is 0.0570. The van der Waals surface area contributed by atoms with Crippen molar-refractivity contribution in [3.63, 3.8) is 0 Å². The van der Waals surface area contributed by atoms with Crippen LogP contribution >= 0.6 is 22.7 Å². The summed E-state index contributed by atoms with van der Waals surface area (Å²) in [4.78, 5) is 20.7. The summed E-state index contributed by atoms with van der Waals surface area (Å²) in [5.41, 5.74) is 3.14. The molecular weight excluding hydrogens is 386 g/mol. The third-order valence-corrected chi connectivity index (χ3v) is 7.61. The van der Waals surface area contributed by atoms with Crippen molar-refractivity contribution >= 4 is 43.8 Å². The number of aromatic nitrogens is 1. The minimum Gasteiger partial charge on any atom is -0.328 e. The number of amides is 1.